The lowest BCUT2D eigenvalue weighted by Gasteiger charge is -2.19. The lowest BCUT2D eigenvalue weighted by atomic mass is 10.3. The molecule has 12 heavy (non-hydrogen) atoms. The van der Waals surface area contributed by atoms with Crippen molar-refractivity contribution in [2.75, 3.05) is 4.98 Å². The number of halogens is 1. The molecule has 0 heterocycles. The van der Waals surface area contributed by atoms with Gasteiger partial charge in [0.15, 0.2) is 0 Å². The molecular formula is C9H16ClNSi. The lowest BCUT2D eigenvalue weighted by molar-refractivity contribution is 1.57. The van der Waals surface area contributed by atoms with Crippen LogP contribution in [0.4, 0.5) is 5.69 Å². The summed E-state index contributed by atoms with van der Waals surface area (Å²) < 4.78 is 0. The first-order valence-electron chi connectivity index (χ1n) is 3.91. The van der Waals surface area contributed by atoms with Crippen LogP contribution in [0.2, 0.25) is 19.6 Å². The maximum atomic E-state index is 3.52. The molecule has 0 aliphatic heterocycles. The zero-order chi connectivity index (χ0) is 8.32. The van der Waals surface area contributed by atoms with Crippen LogP contribution in [0.15, 0.2) is 30.3 Å². The van der Waals surface area contributed by atoms with Gasteiger partial charge in [0, 0.05) is 5.69 Å². The number of nitrogens with one attached hydrogen (secondary N) is 1. The van der Waals surface area contributed by atoms with E-state index in [-0.39, 0.29) is 12.4 Å². The van der Waals surface area contributed by atoms with Crippen LogP contribution in [0.1, 0.15) is 0 Å². The summed E-state index contributed by atoms with van der Waals surface area (Å²) in [5, 5.41) is 0. The Morgan fingerprint density at radius 2 is 1.50 bits per heavy atom. The Kier molecular flexibility index (Phi) is 4.35. The van der Waals surface area contributed by atoms with Crippen molar-refractivity contribution in [3.8, 4) is 0 Å². The molecule has 0 radical (unpaired) electrons. The second-order valence-electron chi connectivity index (χ2n) is 3.74. The maximum Gasteiger partial charge on any atom is 0.144 e. The number of hydrogen-bond acceptors (Lipinski definition) is 1. The van der Waals surface area contributed by atoms with E-state index in [1.54, 1.807) is 0 Å². The second-order valence-corrected chi connectivity index (χ2v) is 8.49. The Hall–Kier alpha value is -0.473. The molecule has 0 aliphatic carbocycles. The molecule has 0 aliphatic rings. The van der Waals surface area contributed by atoms with Crippen LogP contribution in [0.25, 0.3) is 0 Å². The van der Waals surface area contributed by atoms with Crippen LogP contribution in [0.5, 0.6) is 0 Å². The summed E-state index contributed by atoms with van der Waals surface area (Å²) in [5.74, 6) is 0. The van der Waals surface area contributed by atoms with Crippen molar-refractivity contribution in [2.45, 2.75) is 19.6 Å². The summed E-state index contributed by atoms with van der Waals surface area (Å²) in [6.45, 7) is 6.88. The molecule has 0 atom stereocenters. The van der Waals surface area contributed by atoms with E-state index < -0.39 is 8.24 Å². The minimum atomic E-state index is -1.15. The van der Waals surface area contributed by atoms with Crippen LogP contribution in [-0.2, 0) is 0 Å². The zero-order valence-electron chi connectivity index (χ0n) is 7.79. The Bertz CT molecular complexity index is 218. The minimum Gasteiger partial charge on any atom is -0.411 e. The predicted molar refractivity (Wildman–Crippen MR) is 60.7 cm³/mol. The largest absolute Gasteiger partial charge is 0.411 e. The molecule has 1 nitrogen and oxygen atoms in total. The first-order valence-corrected chi connectivity index (χ1v) is 7.41. The predicted octanol–water partition coefficient (Wildman–Crippen LogP) is 3.36. The highest BCUT2D eigenvalue weighted by Gasteiger charge is 2.11. The summed E-state index contributed by atoms with van der Waals surface area (Å²) in [7, 11) is -1.15. The molecule has 0 saturated carbocycles. The van der Waals surface area contributed by atoms with Gasteiger partial charge in [-0.2, -0.15) is 0 Å². The summed E-state index contributed by atoms with van der Waals surface area (Å²) in [4.78, 5) is 3.52. The molecule has 1 aromatic carbocycles. The molecule has 1 aromatic rings. The third-order valence-electron chi connectivity index (χ3n) is 1.29. The van der Waals surface area contributed by atoms with Crippen molar-refractivity contribution in [3.05, 3.63) is 30.3 Å². The Morgan fingerprint density at radius 3 is 1.92 bits per heavy atom. The number of benzene rings is 1. The smallest absolute Gasteiger partial charge is 0.144 e. The summed E-state index contributed by atoms with van der Waals surface area (Å²) in [6.07, 6.45) is 0. The maximum absolute atomic E-state index is 3.52. The summed E-state index contributed by atoms with van der Waals surface area (Å²) in [6, 6.07) is 10.4. The number of hydrogen-bond donors (Lipinski definition) is 1. The van der Waals surface area contributed by atoms with Gasteiger partial charge in [0.25, 0.3) is 0 Å². The molecule has 3 heteroatoms. The van der Waals surface area contributed by atoms with Gasteiger partial charge in [-0.1, -0.05) is 37.8 Å². The molecule has 68 valence electrons. The van der Waals surface area contributed by atoms with E-state index in [1.807, 2.05) is 6.07 Å². The lowest BCUT2D eigenvalue weighted by Crippen LogP contribution is -2.31. The molecule has 1 N–H and O–H groups in total. The molecule has 0 bridgehead atoms. The van der Waals surface area contributed by atoms with Gasteiger partial charge in [-0.15, -0.1) is 12.4 Å². The van der Waals surface area contributed by atoms with Crippen molar-refractivity contribution in [1.29, 1.82) is 0 Å². The van der Waals surface area contributed by atoms with Gasteiger partial charge in [0.2, 0.25) is 0 Å². The first-order chi connectivity index (χ1) is 5.08. The van der Waals surface area contributed by atoms with Gasteiger partial charge in [-0.3, -0.25) is 0 Å². The highest BCUT2D eigenvalue weighted by Crippen LogP contribution is 2.10. The van der Waals surface area contributed by atoms with E-state index >= 15 is 0 Å². The van der Waals surface area contributed by atoms with Gasteiger partial charge in [-0.25, -0.2) is 0 Å². The molecule has 0 amide bonds. The van der Waals surface area contributed by atoms with Crippen molar-refractivity contribution in [1.82, 2.24) is 0 Å². The normalized spacial score (nSPS) is 10.2. The van der Waals surface area contributed by atoms with Gasteiger partial charge in [-0.05, 0) is 12.1 Å². The Balaban J connectivity index is 0.00000121. The van der Waals surface area contributed by atoms with Gasteiger partial charge in [0.05, 0.1) is 0 Å². The molecule has 0 saturated heterocycles. The molecule has 0 aromatic heterocycles. The van der Waals surface area contributed by atoms with E-state index in [1.165, 1.54) is 5.69 Å². The molecule has 0 unspecified atom stereocenters. The van der Waals surface area contributed by atoms with Gasteiger partial charge < -0.3 is 4.98 Å². The summed E-state index contributed by atoms with van der Waals surface area (Å²) >= 11 is 0. The fourth-order valence-electron chi connectivity index (χ4n) is 0.954. The average molecular weight is 202 g/mol. The highest BCUT2D eigenvalue weighted by molar-refractivity contribution is 6.79. The van der Waals surface area contributed by atoms with E-state index in [4.69, 9.17) is 0 Å². The Labute approximate surface area is 81.7 Å². The van der Waals surface area contributed by atoms with Crippen LogP contribution in [0, 0.1) is 0 Å². The monoisotopic (exact) mass is 201 g/mol. The standard InChI is InChI=1S/C9H15NSi.ClH/c1-11(2,3)10-9-7-5-4-6-8-9;/h4-8,10H,1-3H3;1H. The van der Waals surface area contributed by atoms with Crippen molar-refractivity contribution < 1.29 is 0 Å². The van der Waals surface area contributed by atoms with Crippen LogP contribution in [-0.4, -0.2) is 8.24 Å². The van der Waals surface area contributed by atoms with Gasteiger partial charge >= 0.3 is 0 Å². The summed E-state index contributed by atoms with van der Waals surface area (Å²) in [5.41, 5.74) is 1.24. The topological polar surface area (TPSA) is 12.0 Å². The molecular weight excluding hydrogens is 186 g/mol. The average Bonchev–Trinajstić information content (AvgIpc) is 1.85. The zero-order valence-corrected chi connectivity index (χ0v) is 9.61. The highest BCUT2D eigenvalue weighted by atomic mass is 35.5. The fourth-order valence-corrected chi connectivity index (χ4v) is 1.99. The number of anilines is 1. The molecule has 0 fully saturated rings. The number of para-hydroxylation sites is 1. The van der Waals surface area contributed by atoms with Crippen LogP contribution in [0.3, 0.4) is 0 Å². The SMILES string of the molecule is C[Si](C)(C)Nc1ccccc1.Cl. The van der Waals surface area contributed by atoms with Crippen molar-refractivity contribution in [3.63, 3.8) is 0 Å². The van der Waals surface area contributed by atoms with E-state index in [2.05, 4.69) is 48.9 Å². The quantitative estimate of drug-likeness (QED) is 0.724. The van der Waals surface area contributed by atoms with Crippen molar-refractivity contribution >= 4 is 26.3 Å². The van der Waals surface area contributed by atoms with Crippen LogP contribution < -0.4 is 4.98 Å². The second kappa shape index (κ2) is 4.53. The van der Waals surface area contributed by atoms with Gasteiger partial charge in [0.1, 0.15) is 8.24 Å². The third kappa shape index (κ3) is 4.41. The fraction of sp³-hybridized carbons (Fsp3) is 0.333. The first kappa shape index (κ1) is 11.5. The molecule has 1 rings (SSSR count). The van der Waals surface area contributed by atoms with E-state index in [9.17, 15) is 0 Å². The minimum absolute atomic E-state index is 0. The van der Waals surface area contributed by atoms with E-state index in [0.717, 1.165) is 0 Å². The molecule has 0 spiro atoms. The number of rotatable bonds is 2. The Morgan fingerprint density at radius 1 is 1.00 bits per heavy atom. The third-order valence-corrected chi connectivity index (χ3v) is 2.33. The van der Waals surface area contributed by atoms with E-state index in [0.29, 0.717) is 0 Å². The van der Waals surface area contributed by atoms with Crippen molar-refractivity contribution in [2.24, 2.45) is 0 Å². The van der Waals surface area contributed by atoms with Crippen LogP contribution >= 0.6 is 12.4 Å².